The summed E-state index contributed by atoms with van der Waals surface area (Å²) in [5.41, 5.74) is 0. The van der Waals surface area contributed by atoms with E-state index in [2.05, 4.69) is 10.6 Å². The number of rotatable bonds is 9. The zero-order chi connectivity index (χ0) is 18.2. The number of carbonyl (C=O) groups is 2. The minimum absolute atomic E-state index is 0.104. The molecule has 140 valence electrons. The van der Waals surface area contributed by atoms with Gasteiger partial charge in [-0.05, 0) is 39.3 Å². The molecule has 2 heterocycles. The minimum atomic E-state index is -0.467. The van der Waals surface area contributed by atoms with Gasteiger partial charge in [-0.25, -0.2) is 0 Å². The van der Waals surface area contributed by atoms with Crippen molar-refractivity contribution in [3.8, 4) is 0 Å². The summed E-state index contributed by atoms with van der Waals surface area (Å²) in [7, 11) is 0. The fourth-order valence-corrected chi connectivity index (χ4v) is 2.81. The molecule has 1 aliphatic rings. The molecule has 1 saturated heterocycles. The van der Waals surface area contributed by atoms with Gasteiger partial charge in [0.1, 0.15) is 11.5 Å². The van der Waals surface area contributed by atoms with Gasteiger partial charge in [-0.15, -0.1) is 0 Å². The summed E-state index contributed by atoms with van der Waals surface area (Å²) in [6.45, 7) is 8.84. The Morgan fingerprint density at radius 3 is 2.96 bits per heavy atom. The van der Waals surface area contributed by atoms with E-state index in [1.165, 1.54) is 0 Å². The normalized spacial score (nSPS) is 18.4. The van der Waals surface area contributed by atoms with Crippen molar-refractivity contribution in [1.82, 2.24) is 15.5 Å². The maximum atomic E-state index is 12.2. The molecule has 7 heteroatoms. The standard InChI is InChI=1S/C18H29N3O4/c1-13(2)24-10-4-7-19-17(22)11-16-18(23)20-8-9-21(16)12-15-6-5-14(3)25-15/h5-6,13,16H,4,7-12H2,1-3H3,(H,19,22)(H,20,23). The summed E-state index contributed by atoms with van der Waals surface area (Å²) < 4.78 is 11.0. The van der Waals surface area contributed by atoms with E-state index in [1.54, 1.807) is 0 Å². The molecule has 2 amide bonds. The summed E-state index contributed by atoms with van der Waals surface area (Å²) in [6.07, 6.45) is 1.10. The van der Waals surface area contributed by atoms with Crippen LogP contribution in [0, 0.1) is 6.92 Å². The molecule has 7 nitrogen and oxygen atoms in total. The lowest BCUT2D eigenvalue weighted by molar-refractivity contribution is -0.134. The second kappa shape index (κ2) is 9.58. The minimum Gasteiger partial charge on any atom is -0.465 e. The number of ether oxygens (including phenoxy) is 1. The zero-order valence-electron chi connectivity index (χ0n) is 15.3. The second-order valence-electron chi connectivity index (χ2n) is 6.62. The van der Waals surface area contributed by atoms with Gasteiger partial charge in [0.15, 0.2) is 0 Å². The van der Waals surface area contributed by atoms with E-state index in [0.717, 1.165) is 17.9 Å². The molecule has 1 fully saturated rings. The Labute approximate surface area is 149 Å². The van der Waals surface area contributed by atoms with Crippen molar-refractivity contribution in [2.45, 2.75) is 52.3 Å². The number of hydrogen-bond acceptors (Lipinski definition) is 5. The molecule has 2 N–H and O–H groups in total. The molecule has 0 bridgehead atoms. The van der Waals surface area contributed by atoms with Gasteiger partial charge in [0.2, 0.25) is 11.8 Å². The maximum absolute atomic E-state index is 12.2. The van der Waals surface area contributed by atoms with Gasteiger partial charge in [-0.2, -0.15) is 0 Å². The molecule has 1 aromatic rings. The number of nitrogens with one attached hydrogen (secondary N) is 2. The quantitative estimate of drug-likeness (QED) is 0.654. The number of furan rings is 1. The second-order valence-corrected chi connectivity index (χ2v) is 6.62. The third-order valence-corrected chi connectivity index (χ3v) is 4.07. The van der Waals surface area contributed by atoms with E-state index in [4.69, 9.17) is 9.15 Å². The fraction of sp³-hybridized carbons (Fsp3) is 0.667. The van der Waals surface area contributed by atoms with Crippen molar-refractivity contribution in [2.75, 3.05) is 26.2 Å². The van der Waals surface area contributed by atoms with E-state index in [0.29, 0.717) is 32.8 Å². The van der Waals surface area contributed by atoms with Gasteiger partial charge in [0, 0.05) is 26.2 Å². The van der Waals surface area contributed by atoms with Crippen molar-refractivity contribution in [1.29, 1.82) is 0 Å². The highest BCUT2D eigenvalue weighted by Gasteiger charge is 2.32. The summed E-state index contributed by atoms with van der Waals surface area (Å²) in [5, 5.41) is 5.70. The molecule has 1 aromatic heterocycles. The zero-order valence-corrected chi connectivity index (χ0v) is 15.3. The van der Waals surface area contributed by atoms with Crippen LogP contribution in [0.25, 0.3) is 0 Å². The van der Waals surface area contributed by atoms with Crippen molar-refractivity contribution in [2.24, 2.45) is 0 Å². The Hall–Kier alpha value is -1.86. The van der Waals surface area contributed by atoms with Crippen LogP contribution in [0.15, 0.2) is 16.5 Å². The Balaban J connectivity index is 1.81. The van der Waals surface area contributed by atoms with Gasteiger partial charge < -0.3 is 19.8 Å². The van der Waals surface area contributed by atoms with Gasteiger partial charge in [0.05, 0.1) is 25.1 Å². The van der Waals surface area contributed by atoms with Gasteiger partial charge >= 0.3 is 0 Å². The van der Waals surface area contributed by atoms with Crippen LogP contribution in [0.1, 0.15) is 38.2 Å². The Bertz CT molecular complexity index is 570. The number of aryl methyl sites for hydroxylation is 1. The lowest BCUT2D eigenvalue weighted by Gasteiger charge is -2.34. The number of nitrogens with zero attached hydrogens (tertiary/aromatic N) is 1. The molecule has 1 unspecified atom stereocenters. The van der Waals surface area contributed by atoms with Crippen molar-refractivity contribution >= 4 is 11.8 Å². The van der Waals surface area contributed by atoms with Crippen molar-refractivity contribution in [3.05, 3.63) is 23.7 Å². The number of carbonyl (C=O) groups excluding carboxylic acids is 2. The molecule has 0 radical (unpaired) electrons. The Kier molecular flexibility index (Phi) is 7.46. The van der Waals surface area contributed by atoms with Crippen LogP contribution in [0.4, 0.5) is 0 Å². The summed E-state index contributed by atoms with van der Waals surface area (Å²) in [6, 6.07) is 3.35. The first-order valence-electron chi connectivity index (χ1n) is 8.91. The smallest absolute Gasteiger partial charge is 0.237 e. The molecule has 0 saturated carbocycles. The van der Waals surface area contributed by atoms with Crippen LogP contribution >= 0.6 is 0 Å². The number of hydrogen-bond donors (Lipinski definition) is 2. The monoisotopic (exact) mass is 351 g/mol. The van der Waals surface area contributed by atoms with Crippen LogP contribution in [0.2, 0.25) is 0 Å². The molecule has 0 aromatic carbocycles. The first-order valence-corrected chi connectivity index (χ1v) is 8.91. The Morgan fingerprint density at radius 1 is 1.48 bits per heavy atom. The van der Waals surface area contributed by atoms with Gasteiger partial charge in [-0.3, -0.25) is 14.5 Å². The largest absolute Gasteiger partial charge is 0.465 e. The topological polar surface area (TPSA) is 83.8 Å². The maximum Gasteiger partial charge on any atom is 0.237 e. The van der Waals surface area contributed by atoms with Crippen LogP contribution in [-0.4, -0.2) is 55.1 Å². The van der Waals surface area contributed by atoms with Crippen LogP contribution in [-0.2, 0) is 20.9 Å². The molecule has 2 rings (SSSR count). The highest BCUT2D eigenvalue weighted by atomic mass is 16.5. The van der Waals surface area contributed by atoms with E-state index in [-0.39, 0.29) is 24.3 Å². The first-order chi connectivity index (χ1) is 12.0. The van der Waals surface area contributed by atoms with Crippen LogP contribution in [0.3, 0.4) is 0 Å². The first kappa shape index (κ1) is 19.5. The van der Waals surface area contributed by atoms with Gasteiger partial charge in [-0.1, -0.05) is 0 Å². The average molecular weight is 351 g/mol. The van der Waals surface area contributed by atoms with Crippen molar-refractivity contribution < 1.29 is 18.7 Å². The lowest BCUT2D eigenvalue weighted by Crippen LogP contribution is -2.56. The summed E-state index contributed by atoms with van der Waals surface area (Å²) >= 11 is 0. The third kappa shape index (κ3) is 6.51. The molecule has 1 aliphatic heterocycles. The Morgan fingerprint density at radius 2 is 2.28 bits per heavy atom. The highest BCUT2D eigenvalue weighted by Crippen LogP contribution is 2.15. The highest BCUT2D eigenvalue weighted by molar-refractivity contribution is 5.88. The molecule has 25 heavy (non-hydrogen) atoms. The molecular formula is C18H29N3O4. The average Bonchev–Trinajstić information content (AvgIpc) is 2.95. The van der Waals surface area contributed by atoms with E-state index < -0.39 is 6.04 Å². The van der Waals surface area contributed by atoms with Gasteiger partial charge in [0.25, 0.3) is 0 Å². The SMILES string of the molecule is Cc1ccc(CN2CCNC(=O)C2CC(=O)NCCCOC(C)C)o1. The molecule has 0 spiro atoms. The number of piperazine rings is 1. The van der Waals surface area contributed by atoms with Crippen LogP contribution in [0.5, 0.6) is 0 Å². The third-order valence-electron chi connectivity index (χ3n) is 4.07. The predicted molar refractivity (Wildman–Crippen MR) is 94.0 cm³/mol. The van der Waals surface area contributed by atoms with Crippen molar-refractivity contribution in [3.63, 3.8) is 0 Å². The van der Waals surface area contributed by atoms with E-state index >= 15 is 0 Å². The van der Waals surface area contributed by atoms with Crippen LogP contribution < -0.4 is 10.6 Å². The van der Waals surface area contributed by atoms with E-state index in [9.17, 15) is 9.59 Å². The molecule has 1 atom stereocenters. The fourth-order valence-electron chi connectivity index (χ4n) is 2.81. The molecular weight excluding hydrogens is 322 g/mol. The number of amides is 2. The molecule has 0 aliphatic carbocycles. The summed E-state index contributed by atoms with van der Waals surface area (Å²) in [5.74, 6) is 1.43. The predicted octanol–water partition coefficient (Wildman–Crippen LogP) is 1.21. The van der Waals surface area contributed by atoms with E-state index in [1.807, 2.05) is 37.8 Å². The summed E-state index contributed by atoms with van der Waals surface area (Å²) in [4.78, 5) is 26.4. The lowest BCUT2D eigenvalue weighted by atomic mass is 10.1.